The minimum Gasteiger partial charge on any atom is -0.493 e. The molecule has 1 aliphatic rings. The summed E-state index contributed by atoms with van der Waals surface area (Å²) in [4.78, 5) is 35.1. The van der Waals surface area contributed by atoms with Crippen LogP contribution in [-0.4, -0.2) is 43.5 Å². The van der Waals surface area contributed by atoms with Gasteiger partial charge >= 0.3 is 5.97 Å². The number of rotatable bonds is 8. The van der Waals surface area contributed by atoms with E-state index < -0.39 is 30.6 Å². The van der Waals surface area contributed by atoms with Crippen LogP contribution in [0.4, 0.5) is 0 Å². The molecule has 0 saturated heterocycles. The number of carbonyl (C=O) groups excluding carboxylic acids is 3. The van der Waals surface area contributed by atoms with Crippen molar-refractivity contribution in [3.8, 4) is 17.6 Å². The third-order valence-corrected chi connectivity index (χ3v) is 4.33. The van der Waals surface area contributed by atoms with E-state index in [0.717, 1.165) is 12.8 Å². The molecule has 0 aliphatic heterocycles. The maximum Gasteiger partial charge on any atom is 0.344 e. The molecule has 1 aliphatic carbocycles. The molecule has 1 N–H and O–H groups in total. The highest BCUT2D eigenvalue weighted by Crippen LogP contribution is 2.29. The van der Waals surface area contributed by atoms with Gasteiger partial charge in [0.1, 0.15) is 5.54 Å². The predicted octanol–water partition coefficient (Wildman–Crippen LogP) is 1.77. The lowest BCUT2D eigenvalue weighted by molar-refractivity contribution is -0.150. The lowest BCUT2D eigenvalue weighted by Crippen LogP contribution is -2.46. The zero-order valence-electron chi connectivity index (χ0n) is 15.4. The number of methoxy groups -OCH3 is 1. The van der Waals surface area contributed by atoms with E-state index in [1.54, 1.807) is 6.07 Å². The molecule has 0 radical (unpaired) electrons. The zero-order chi connectivity index (χ0) is 19.9. The molecular formula is C19H22N2O6. The number of nitrogens with one attached hydrogen (secondary N) is 1. The number of nitriles is 1. The fraction of sp³-hybridized carbons (Fsp3) is 0.474. The molecule has 1 saturated carbocycles. The molecule has 0 aromatic heterocycles. The Morgan fingerprint density at radius 3 is 2.48 bits per heavy atom. The van der Waals surface area contributed by atoms with Crippen molar-refractivity contribution >= 4 is 17.7 Å². The van der Waals surface area contributed by atoms with Crippen LogP contribution in [0.5, 0.6) is 11.5 Å². The number of ketones is 1. The average Bonchev–Trinajstić information content (AvgIpc) is 3.13. The summed E-state index contributed by atoms with van der Waals surface area (Å²) in [6, 6.07) is 6.72. The molecule has 0 heterocycles. The maximum atomic E-state index is 11.9. The van der Waals surface area contributed by atoms with Crippen LogP contribution in [0.3, 0.4) is 0 Å². The second-order valence-corrected chi connectivity index (χ2v) is 6.32. The van der Waals surface area contributed by atoms with Crippen molar-refractivity contribution in [2.75, 3.05) is 20.3 Å². The van der Waals surface area contributed by atoms with Gasteiger partial charge in [0.25, 0.3) is 5.91 Å². The molecule has 0 bridgehead atoms. The Kier molecular flexibility index (Phi) is 6.77. The van der Waals surface area contributed by atoms with Gasteiger partial charge in [-0.05, 0) is 50.8 Å². The number of amides is 1. The number of carbonyl (C=O) groups is 3. The first-order valence-corrected chi connectivity index (χ1v) is 8.59. The van der Waals surface area contributed by atoms with Crippen LogP contribution in [-0.2, 0) is 14.3 Å². The van der Waals surface area contributed by atoms with Crippen molar-refractivity contribution in [3.05, 3.63) is 23.8 Å². The van der Waals surface area contributed by atoms with E-state index in [4.69, 9.17) is 14.2 Å². The lowest BCUT2D eigenvalue weighted by atomic mass is 10.00. The Labute approximate surface area is 157 Å². The standard InChI is InChI=1S/C19H22N2O6/c1-13(22)14-5-6-15(16(9-14)25-2)26-11-18(24)27-10-17(23)21-19(12-20)7-3-4-8-19/h5-6,9H,3-4,7-8,10-11H2,1-2H3,(H,21,23). The van der Waals surface area contributed by atoms with Crippen molar-refractivity contribution < 1.29 is 28.6 Å². The van der Waals surface area contributed by atoms with Crippen LogP contribution in [0.15, 0.2) is 18.2 Å². The van der Waals surface area contributed by atoms with Crippen LogP contribution in [0.1, 0.15) is 43.0 Å². The number of hydrogen-bond acceptors (Lipinski definition) is 7. The summed E-state index contributed by atoms with van der Waals surface area (Å²) in [5.74, 6) is -0.790. The second-order valence-electron chi connectivity index (χ2n) is 6.32. The van der Waals surface area contributed by atoms with Gasteiger partial charge in [0.15, 0.2) is 30.5 Å². The number of hydrogen-bond donors (Lipinski definition) is 1. The smallest absolute Gasteiger partial charge is 0.344 e. The minimum atomic E-state index is -0.855. The van der Waals surface area contributed by atoms with Gasteiger partial charge in [-0.25, -0.2) is 4.79 Å². The fourth-order valence-corrected chi connectivity index (χ4v) is 2.88. The Hall–Kier alpha value is -3.08. The molecule has 27 heavy (non-hydrogen) atoms. The van der Waals surface area contributed by atoms with Crippen LogP contribution < -0.4 is 14.8 Å². The summed E-state index contributed by atoms with van der Waals surface area (Å²) < 4.78 is 15.4. The third kappa shape index (κ3) is 5.45. The fourth-order valence-electron chi connectivity index (χ4n) is 2.88. The van der Waals surface area contributed by atoms with Gasteiger partial charge in [-0.3, -0.25) is 9.59 Å². The molecule has 0 spiro atoms. The molecule has 1 amide bonds. The van der Waals surface area contributed by atoms with Crippen molar-refractivity contribution in [2.45, 2.75) is 38.1 Å². The predicted molar refractivity (Wildman–Crippen MR) is 94.4 cm³/mol. The van der Waals surface area contributed by atoms with E-state index >= 15 is 0 Å². The molecule has 0 atom stereocenters. The van der Waals surface area contributed by atoms with Crippen LogP contribution >= 0.6 is 0 Å². The number of nitrogens with zero attached hydrogens (tertiary/aromatic N) is 1. The summed E-state index contributed by atoms with van der Waals surface area (Å²) in [5.41, 5.74) is -0.400. The van der Waals surface area contributed by atoms with E-state index in [-0.39, 0.29) is 11.5 Å². The molecule has 8 heteroatoms. The number of esters is 1. The Bertz CT molecular complexity index is 762. The van der Waals surface area contributed by atoms with E-state index in [9.17, 15) is 19.6 Å². The minimum absolute atomic E-state index is 0.123. The second kappa shape index (κ2) is 9.03. The van der Waals surface area contributed by atoms with Gasteiger partial charge < -0.3 is 19.5 Å². The molecule has 8 nitrogen and oxygen atoms in total. The van der Waals surface area contributed by atoms with Crippen LogP contribution in [0.25, 0.3) is 0 Å². The zero-order valence-corrected chi connectivity index (χ0v) is 15.4. The van der Waals surface area contributed by atoms with Gasteiger partial charge in [-0.1, -0.05) is 0 Å². The molecule has 144 valence electrons. The van der Waals surface area contributed by atoms with E-state index in [2.05, 4.69) is 11.4 Å². The van der Waals surface area contributed by atoms with Gasteiger partial charge in [0.2, 0.25) is 0 Å². The first-order chi connectivity index (χ1) is 12.9. The van der Waals surface area contributed by atoms with Gasteiger partial charge in [0.05, 0.1) is 13.2 Å². The van der Waals surface area contributed by atoms with Crippen molar-refractivity contribution in [1.29, 1.82) is 5.26 Å². The highest BCUT2D eigenvalue weighted by Gasteiger charge is 2.35. The quantitative estimate of drug-likeness (QED) is 0.545. The molecular weight excluding hydrogens is 352 g/mol. The third-order valence-electron chi connectivity index (χ3n) is 4.33. The number of benzene rings is 1. The largest absolute Gasteiger partial charge is 0.493 e. The van der Waals surface area contributed by atoms with E-state index in [1.807, 2.05) is 0 Å². The van der Waals surface area contributed by atoms with Crippen molar-refractivity contribution in [3.63, 3.8) is 0 Å². The Morgan fingerprint density at radius 1 is 1.19 bits per heavy atom. The number of ether oxygens (including phenoxy) is 3. The highest BCUT2D eigenvalue weighted by atomic mass is 16.6. The summed E-state index contributed by atoms with van der Waals surface area (Å²) >= 11 is 0. The first-order valence-electron chi connectivity index (χ1n) is 8.59. The summed E-state index contributed by atoms with van der Waals surface area (Å²) in [5, 5.41) is 11.9. The molecule has 2 rings (SSSR count). The number of Topliss-reactive ketones (excluding diaryl/α,β-unsaturated/α-hetero) is 1. The van der Waals surface area contributed by atoms with Gasteiger partial charge in [-0.2, -0.15) is 5.26 Å². The van der Waals surface area contributed by atoms with Crippen molar-refractivity contribution in [1.82, 2.24) is 5.32 Å². The van der Waals surface area contributed by atoms with E-state index in [1.165, 1.54) is 26.2 Å². The summed E-state index contributed by atoms with van der Waals surface area (Å²) in [6.07, 6.45) is 2.96. The van der Waals surface area contributed by atoms with Crippen LogP contribution in [0.2, 0.25) is 0 Å². The topological polar surface area (TPSA) is 115 Å². The maximum absolute atomic E-state index is 11.9. The molecule has 1 aromatic carbocycles. The first kappa shape index (κ1) is 20.2. The Balaban J connectivity index is 1.82. The Morgan fingerprint density at radius 2 is 1.89 bits per heavy atom. The summed E-state index contributed by atoms with van der Waals surface area (Å²) in [6.45, 7) is 0.526. The van der Waals surface area contributed by atoms with Crippen molar-refractivity contribution in [2.24, 2.45) is 0 Å². The van der Waals surface area contributed by atoms with Gasteiger partial charge in [0, 0.05) is 5.56 Å². The van der Waals surface area contributed by atoms with Gasteiger partial charge in [-0.15, -0.1) is 0 Å². The molecule has 1 aromatic rings. The monoisotopic (exact) mass is 374 g/mol. The average molecular weight is 374 g/mol. The summed E-state index contributed by atoms with van der Waals surface area (Å²) in [7, 11) is 1.42. The molecule has 1 fully saturated rings. The lowest BCUT2D eigenvalue weighted by Gasteiger charge is -2.21. The normalized spacial score (nSPS) is 14.7. The van der Waals surface area contributed by atoms with E-state index in [0.29, 0.717) is 24.2 Å². The van der Waals surface area contributed by atoms with Crippen LogP contribution in [0, 0.1) is 11.3 Å². The highest BCUT2D eigenvalue weighted by molar-refractivity contribution is 5.94. The SMILES string of the molecule is COc1cc(C(C)=O)ccc1OCC(=O)OCC(=O)NC1(C#N)CCCC1. The molecule has 0 unspecified atom stereocenters.